The Balaban J connectivity index is 0.000000196. The number of aromatic nitrogens is 2. The molecule has 2 aliphatic heterocycles. The average molecular weight is 959 g/mol. The number of nitrogens with one attached hydrogen (secondary N) is 4. The number of hydrogen-bond acceptors (Lipinski definition) is 17. The molecule has 20 heteroatoms. The maximum atomic E-state index is 13.0. The highest BCUT2D eigenvalue weighted by Crippen LogP contribution is 2.34. The van der Waals surface area contributed by atoms with E-state index in [4.69, 9.17) is 9.47 Å². The normalized spacial score (nSPS) is 14.5. The van der Waals surface area contributed by atoms with Crippen LogP contribution in [0, 0.1) is 0 Å². The molecule has 0 aliphatic carbocycles. The van der Waals surface area contributed by atoms with Crippen molar-refractivity contribution in [2.45, 2.75) is 64.3 Å². The Bertz CT molecular complexity index is 2580. The van der Waals surface area contributed by atoms with Gasteiger partial charge in [-0.3, -0.25) is 9.59 Å². The molecule has 6 N–H and O–H groups in total. The predicted octanol–water partition coefficient (Wildman–Crippen LogP) is 9.63. The second kappa shape index (κ2) is 21.4. The lowest BCUT2D eigenvalue weighted by Crippen LogP contribution is -2.40. The Morgan fingerprint density at radius 3 is 1.60 bits per heavy atom. The number of benzene rings is 2. The topological polar surface area (TPSA) is 208 Å². The van der Waals surface area contributed by atoms with Gasteiger partial charge in [-0.15, -0.1) is 45.3 Å². The minimum Gasteiger partial charge on any atom is -0.477 e. The molecule has 4 aromatic heterocycles. The van der Waals surface area contributed by atoms with E-state index in [0.717, 1.165) is 67.4 Å². The van der Waals surface area contributed by atoms with Gasteiger partial charge in [0.1, 0.15) is 21.1 Å². The molecule has 2 aromatic carbocycles. The van der Waals surface area contributed by atoms with Crippen LogP contribution < -0.4 is 31.1 Å². The second-order valence-corrected chi connectivity index (χ2v) is 19.6. The van der Waals surface area contributed by atoms with Crippen LogP contribution in [0.5, 0.6) is 0 Å². The smallest absolute Gasteiger partial charge is 0.350 e. The minimum absolute atomic E-state index is 0.149. The quantitative estimate of drug-likeness (QED) is 0.0596. The number of para-hydroxylation sites is 4. The van der Waals surface area contributed by atoms with Gasteiger partial charge in [0.15, 0.2) is 10.3 Å². The Hall–Kier alpha value is -5.90. The number of esters is 1. The van der Waals surface area contributed by atoms with Gasteiger partial charge in [-0.2, -0.15) is 0 Å². The van der Waals surface area contributed by atoms with Crippen molar-refractivity contribution in [3.63, 3.8) is 0 Å². The van der Waals surface area contributed by atoms with Gasteiger partial charge < -0.3 is 50.8 Å². The van der Waals surface area contributed by atoms with E-state index in [0.29, 0.717) is 50.7 Å². The third-order valence-corrected chi connectivity index (χ3v) is 13.6. The SMILES string of the molecule is COC(=O)c1sccc1Nc1nc(C(=O)Nc2ccccc2N2CCC(OC(C)(C)C)CC2)cs1.O=C(Nc1ccccc1N1CCC(O)CC1)c1csc(Nc2ccsc2C(=O)O)n1. The van der Waals surface area contributed by atoms with Crippen LogP contribution in [0.1, 0.15) is 86.8 Å². The number of aromatic carboxylic acids is 1. The number of carboxylic acid groups (broad SMARTS) is 1. The third-order valence-electron chi connectivity index (χ3n) is 10.3. The molecule has 8 rings (SSSR count). The van der Waals surface area contributed by atoms with Crippen molar-refractivity contribution in [3.8, 4) is 0 Å². The molecule has 0 saturated carbocycles. The summed E-state index contributed by atoms with van der Waals surface area (Å²) in [5.41, 5.74) is 4.80. The van der Waals surface area contributed by atoms with Gasteiger partial charge in [-0.05, 0) is 93.6 Å². The van der Waals surface area contributed by atoms with Crippen molar-refractivity contribution in [2.75, 3.05) is 64.4 Å². The van der Waals surface area contributed by atoms with Crippen LogP contribution >= 0.6 is 45.3 Å². The van der Waals surface area contributed by atoms with Gasteiger partial charge in [0, 0.05) is 36.9 Å². The van der Waals surface area contributed by atoms with Gasteiger partial charge in [0.05, 0.1) is 59.0 Å². The van der Waals surface area contributed by atoms with Crippen molar-refractivity contribution < 1.29 is 38.9 Å². The highest BCUT2D eigenvalue weighted by atomic mass is 32.1. The van der Waals surface area contributed by atoms with Crippen LogP contribution in [0.15, 0.2) is 82.2 Å². The summed E-state index contributed by atoms with van der Waals surface area (Å²) in [5, 5.41) is 38.7. The van der Waals surface area contributed by atoms with E-state index in [1.54, 1.807) is 33.7 Å². The first-order chi connectivity index (χ1) is 31.2. The number of methoxy groups -OCH3 is 1. The molecule has 2 aliphatic rings. The molecule has 65 heavy (non-hydrogen) atoms. The molecule has 6 aromatic rings. The monoisotopic (exact) mass is 958 g/mol. The zero-order chi connectivity index (χ0) is 46.1. The second-order valence-electron chi connectivity index (χ2n) is 16.0. The Kier molecular flexibility index (Phi) is 15.5. The fraction of sp³-hybridized carbons (Fsp3) is 0.333. The first kappa shape index (κ1) is 47.1. The number of rotatable bonds is 13. The van der Waals surface area contributed by atoms with Gasteiger partial charge in [-0.1, -0.05) is 24.3 Å². The van der Waals surface area contributed by atoms with Gasteiger partial charge in [0.2, 0.25) is 0 Å². The summed E-state index contributed by atoms with van der Waals surface area (Å²) in [5.74, 6) is -2.05. The molecule has 342 valence electrons. The number of thiophene rings is 2. The lowest BCUT2D eigenvalue weighted by molar-refractivity contribution is -0.0683. The Labute approximate surface area is 392 Å². The molecule has 2 amide bonds. The van der Waals surface area contributed by atoms with Crippen molar-refractivity contribution in [3.05, 3.63) is 103 Å². The van der Waals surface area contributed by atoms with Crippen LogP contribution in [0.3, 0.4) is 0 Å². The van der Waals surface area contributed by atoms with E-state index in [-0.39, 0.29) is 40.2 Å². The summed E-state index contributed by atoms with van der Waals surface area (Å²) in [6.07, 6.45) is 3.26. The van der Waals surface area contributed by atoms with Crippen molar-refractivity contribution in [1.82, 2.24) is 9.97 Å². The fourth-order valence-electron chi connectivity index (χ4n) is 7.24. The maximum absolute atomic E-state index is 13.0. The molecular weight excluding hydrogens is 909 g/mol. The number of anilines is 8. The average Bonchev–Trinajstić information content (AvgIpc) is 4.14. The Morgan fingerprint density at radius 1 is 0.662 bits per heavy atom. The lowest BCUT2D eigenvalue weighted by Gasteiger charge is -2.37. The van der Waals surface area contributed by atoms with Crippen molar-refractivity contribution in [1.29, 1.82) is 0 Å². The summed E-state index contributed by atoms with van der Waals surface area (Å²) < 4.78 is 11.0. The molecule has 6 heterocycles. The van der Waals surface area contributed by atoms with Gasteiger partial charge in [-0.25, -0.2) is 19.6 Å². The summed E-state index contributed by atoms with van der Waals surface area (Å²) in [7, 11) is 1.34. The number of carbonyl (C=O) groups is 4. The molecule has 0 unspecified atom stereocenters. The number of thiazole rings is 2. The highest BCUT2D eigenvalue weighted by molar-refractivity contribution is 7.15. The zero-order valence-corrected chi connectivity index (χ0v) is 39.4. The number of carboxylic acids is 1. The summed E-state index contributed by atoms with van der Waals surface area (Å²) in [4.78, 5) is 62.7. The summed E-state index contributed by atoms with van der Waals surface area (Å²) in [6.45, 7) is 9.44. The molecule has 0 bridgehead atoms. The molecule has 2 saturated heterocycles. The van der Waals surface area contributed by atoms with Crippen molar-refractivity contribution in [2.24, 2.45) is 0 Å². The maximum Gasteiger partial charge on any atom is 0.350 e. The van der Waals surface area contributed by atoms with Crippen molar-refractivity contribution >= 4 is 113 Å². The van der Waals surface area contributed by atoms with Crippen LogP contribution in [0.4, 0.5) is 44.4 Å². The van der Waals surface area contributed by atoms with Crippen LogP contribution in [-0.2, 0) is 9.47 Å². The number of aliphatic hydroxyl groups excluding tert-OH is 1. The number of hydrogen-bond donors (Lipinski definition) is 6. The van der Waals surface area contributed by atoms with E-state index < -0.39 is 11.9 Å². The zero-order valence-electron chi connectivity index (χ0n) is 36.2. The molecule has 0 atom stereocenters. The third kappa shape index (κ3) is 12.5. The van der Waals surface area contributed by atoms with E-state index in [1.807, 2.05) is 48.5 Å². The lowest BCUT2D eigenvalue weighted by atomic mass is 10.0. The van der Waals surface area contributed by atoms with E-state index in [1.165, 1.54) is 41.1 Å². The summed E-state index contributed by atoms with van der Waals surface area (Å²) in [6, 6.07) is 18.8. The van der Waals surface area contributed by atoms with Crippen LogP contribution in [-0.4, -0.2) is 95.0 Å². The van der Waals surface area contributed by atoms with Crippen LogP contribution in [0.25, 0.3) is 0 Å². The molecule has 2 fully saturated rings. The highest BCUT2D eigenvalue weighted by Gasteiger charge is 2.27. The van der Waals surface area contributed by atoms with Crippen LogP contribution in [0.2, 0.25) is 0 Å². The first-order valence-electron chi connectivity index (χ1n) is 20.8. The number of nitrogens with zero attached hydrogens (tertiary/aromatic N) is 4. The minimum atomic E-state index is -1.01. The molecule has 0 spiro atoms. The molecule has 16 nitrogen and oxygen atoms in total. The number of ether oxygens (including phenoxy) is 2. The predicted molar refractivity (Wildman–Crippen MR) is 260 cm³/mol. The number of carbonyl (C=O) groups excluding carboxylic acids is 3. The standard InChI is InChI=1S/C25H30N4O4S2.C20H20N4O4S2/c1-25(2,3)33-16-9-12-29(13-10-16)20-8-6-5-7-17(20)26-22(30)19-15-35-24(28-19)27-18-11-14-34-21(18)23(31)32-4;25-12-5-8-24(9-6-12)16-4-2-1-3-13(16)21-18(26)15-11-30-20(23-15)22-14-7-10-29-17(14)19(27)28/h5-8,11,14-16H,9-10,12-13H2,1-4H3,(H,26,30)(H,27,28);1-4,7,10-12,25H,5-6,8-9H2,(H,21,26)(H,22,23)(H,27,28). The number of aliphatic hydroxyl groups is 1. The van der Waals surface area contributed by atoms with E-state index >= 15 is 0 Å². The first-order valence-corrected chi connectivity index (χ1v) is 24.3. The summed E-state index contributed by atoms with van der Waals surface area (Å²) >= 11 is 4.93. The Morgan fingerprint density at radius 2 is 1.12 bits per heavy atom. The van der Waals surface area contributed by atoms with E-state index in [2.05, 4.69) is 61.8 Å². The fourth-order valence-corrected chi connectivity index (χ4v) is 10.1. The van der Waals surface area contributed by atoms with Gasteiger partial charge >= 0.3 is 11.9 Å². The largest absolute Gasteiger partial charge is 0.477 e. The van der Waals surface area contributed by atoms with Gasteiger partial charge in [0.25, 0.3) is 11.8 Å². The number of piperidine rings is 2. The van der Waals surface area contributed by atoms with E-state index in [9.17, 15) is 29.4 Å². The molecular formula is C45H50N8O8S4. The number of amides is 2. The molecule has 0 radical (unpaired) electrons.